The third-order valence-corrected chi connectivity index (χ3v) is 9.57. The van der Waals surface area contributed by atoms with E-state index in [0.717, 1.165) is 51.8 Å². The topological polar surface area (TPSA) is 102 Å². The summed E-state index contributed by atoms with van der Waals surface area (Å²) in [5.41, 5.74) is 0.373. The first-order valence-electron chi connectivity index (χ1n) is 12.4. The largest absolute Gasteiger partial charge is 0.469 e. The van der Waals surface area contributed by atoms with E-state index in [1.165, 1.54) is 16.9 Å². The number of thioether (sulfide) groups is 1. The number of amides is 3. The van der Waals surface area contributed by atoms with Gasteiger partial charge in [-0.1, -0.05) is 46.9 Å². The van der Waals surface area contributed by atoms with Crippen molar-refractivity contribution >= 4 is 52.2 Å². The SMILES string of the molecule is Cc1ccc(NC(=O)Cn2c3c(sc2=O)C(c2ccco2)C2C(=O)N(c4cccc(C(F)(F)F)c4)C(=O)C2S3)cc1. The lowest BCUT2D eigenvalue weighted by molar-refractivity contribution is -0.137. The van der Waals surface area contributed by atoms with E-state index in [1.807, 2.05) is 19.1 Å². The van der Waals surface area contributed by atoms with Crippen LogP contribution in [0.2, 0.25) is 0 Å². The Hall–Kier alpha value is -4.10. The molecule has 3 atom stereocenters. The Morgan fingerprint density at radius 3 is 2.46 bits per heavy atom. The van der Waals surface area contributed by atoms with Gasteiger partial charge in [-0.15, -0.1) is 0 Å². The van der Waals surface area contributed by atoms with E-state index in [9.17, 15) is 32.3 Å². The van der Waals surface area contributed by atoms with Gasteiger partial charge >= 0.3 is 11.0 Å². The number of anilines is 2. The average Bonchev–Trinajstić information content (AvgIpc) is 3.62. The molecule has 1 saturated heterocycles. The number of aromatic nitrogens is 1. The highest BCUT2D eigenvalue weighted by molar-refractivity contribution is 8.00. The first kappa shape index (κ1) is 27.1. The fourth-order valence-corrected chi connectivity index (χ4v) is 7.84. The van der Waals surface area contributed by atoms with Crippen molar-refractivity contribution in [3.05, 3.63) is 98.4 Å². The van der Waals surface area contributed by atoms with E-state index < -0.39 is 51.4 Å². The van der Waals surface area contributed by atoms with Gasteiger partial charge in [-0.05, 0) is 49.4 Å². The number of nitrogens with one attached hydrogen (secondary N) is 1. The molecule has 2 aliphatic heterocycles. The molecule has 2 aromatic heterocycles. The fraction of sp³-hybridized carbons (Fsp3) is 0.214. The smallest absolute Gasteiger partial charge is 0.416 e. The van der Waals surface area contributed by atoms with Crippen LogP contribution in [0.25, 0.3) is 0 Å². The number of benzene rings is 2. The van der Waals surface area contributed by atoms with E-state index in [4.69, 9.17) is 4.42 Å². The van der Waals surface area contributed by atoms with Crippen LogP contribution in [-0.4, -0.2) is 27.5 Å². The van der Waals surface area contributed by atoms with Gasteiger partial charge < -0.3 is 9.73 Å². The van der Waals surface area contributed by atoms with Crippen molar-refractivity contribution in [1.82, 2.24) is 4.57 Å². The predicted octanol–water partition coefficient (Wildman–Crippen LogP) is 5.26. The number of aryl methyl sites for hydroxylation is 1. The van der Waals surface area contributed by atoms with Crippen LogP contribution >= 0.6 is 23.1 Å². The third-order valence-electron chi connectivity index (χ3n) is 6.97. The summed E-state index contributed by atoms with van der Waals surface area (Å²) in [6.07, 6.45) is -3.27. The molecule has 41 heavy (non-hydrogen) atoms. The molecule has 2 aliphatic rings. The molecule has 0 bridgehead atoms. The van der Waals surface area contributed by atoms with Gasteiger partial charge in [0.1, 0.15) is 17.6 Å². The summed E-state index contributed by atoms with van der Waals surface area (Å²) >= 11 is 1.81. The third kappa shape index (κ3) is 4.78. The number of thiazole rings is 1. The molecule has 0 radical (unpaired) electrons. The quantitative estimate of drug-likeness (QED) is 0.314. The molecule has 6 rings (SSSR count). The van der Waals surface area contributed by atoms with Crippen molar-refractivity contribution in [3.63, 3.8) is 0 Å². The highest BCUT2D eigenvalue weighted by Gasteiger charge is 2.57. The van der Waals surface area contributed by atoms with Gasteiger partial charge in [0, 0.05) is 5.69 Å². The molecule has 3 unspecified atom stereocenters. The first-order chi connectivity index (χ1) is 19.5. The number of hydrogen-bond donors (Lipinski definition) is 1. The molecular weight excluding hydrogens is 579 g/mol. The second-order valence-corrected chi connectivity index (χ2v) is 11.8. The molecule has 210 valence electrons. The number of rotatable bonds is 5. The maximum atomic E-state index is 13.7. The van der Waals surface area contributed by atoms with Gasteiger partial charge in [0.15, 0.2) is 0 Å². The average molecular weight is 600 g/mol. The number of carbonyl (C=O) groups excluding carboxylic acids is 3. The predicted molar refractivity (Wildman–Crippen MR) is 146 cm³/mol. The number of fused-ring (bicyclic) bond motifs is 2. The van der Waals surface area contributed by atoms with Gasteiger partial charge in [0.25, 0.3) is 0 Å². The Labute approximate surface area is 238 Å². The number of furan rings is 1. The van der Waals surface area contributed by atoms with Crippen LogP contribution in [0.4, 0.5) is 24.5 Å². The zero-order valence-corrected chi connectivity index (χ0v) is 22.8. The molecule has 4 heterocycles. The lowest BCUT2D eigenvalue weighted by Crippen LogP contribution is -2.32. The van der Waals surface area contributed by atoms with E-state index in [-0.39, 0.29) is 12.2 Å². The normalized spacial score (nSPS) is 20.2. The van der Waals surface area contributed by atoms with Crippen LogP contribution in [-0.2, 0) is 27.1 Å². The van der Waals surface area contributed by atoms with Gasteiger partial charge in [0.05, 0.1) is 39.3 Å². The molecule has 13 heteroatoms. The molecule has 4 aromatic rings. The zero-order valence-electron chi connectivity index (χ0n) is 21.2. The second kappa shape index (κ2) is 10.1. The second-order valence-electron chi connectivity index (χ2n) is 9.66. The Morgan fingerprint density at radius 1 is 1.02 bits per heavy atom. The van der Waals surface area contributed by atoms with Crippen LogP contribution in [0.15, 0.2) is 81.2 Å². The number of nitrogens with zero attached hydrogens (tertiary/aromatic N) is 2. The molecule has 1 N–H and O–H groups in total. The highest BCUT2D eigenvalue weighted by atomic mass is 32.2. The lowest BCUT2D eigenvalue weighted by atomic mass is 9.87. The lowest BCUT2D eigenvalue weighted by Gasteiger charge is -2.29. The summed E-state index contributed by atoms with van der Waals surface area (Å²) in [6, 6.07) is 14.4. The Morgan fingerprint density at radius 2 is 1.78 bits per heavy atom. The molecule has 2 aromatic carbocycles. The van der Waals surface area contributed by atoms with Crippen molar-refractivity contribution in [2.75, 3.05) is 10.2 Å². The van der Waals surface area contributed by atoms with Crippen LogP contribution in [0.1, 0.15) is 27.7 Å². The molecule has 1 fully saturated rings. The van der Waals surface area contributed by atoms with Gasteiger partial charge in [-0.2, -0.15) is 13.2 Å². The van der Waals surface area contributed by atoms with Gasteiger partial charge in [-0.25, -0.2) is 4.90 Å². The Bertz CT molecular complexity index is 1730. The van der Waals surface area contributed by atoms with Gasteiger partial charge in [0.2, 0.25) is 17.7 Å². The van der Waals surface area contributed by atoms with Crippen LogP contribution in [0, 0.1) is 12.8 Å². The van der Waals surface area contributed by atoms with E-state index in [1.54, 1.807) is 24.3 Å². The number of alkyl halides is 3. The number of hydrogen-bond acceptors (Lipinski definition) is 7. The van der Waals surface area contributed by atoms with Crippen molar-refractivity contribution in [2.24, 2.45) is 5.92 Å². The van der Waals surface area contributed by atoms with E-state index in [0.29, 0.717) is 21.4 Å². The molecule has 3 amide bonds. The van der Waals surface area contributed by atoms with Crippen molar-refractivity contribution in [2.45, 2.75) is 35.8 Å². The Balaban J connectivity index is 1.38. The van der Waals surface area contributed by atoms with Crippen LogP contribution in [0.5, 0.6) is 0 Å². The van der Waals surface area contributed by atoms with E-state index in [2.05, 4.69) is 5.32 Å². The maximum absolute atomic E-state index is 13.7. The van der Waals surface area contributed by atoms with E-state index >= 15 is 0 Å². The summed E-state index contributed by atoms with van der Waals surface area (Å²) in [5, 5.41) is 2.03. The minimum Gasteiger partial charge on any atom is -0.469 e. The first-order valence-corrected chi connectivity index (χ1v) is 14.1. The zero-order chi connectivity index (χ0) is 29.1. The van der Waals surface area contributed by atoms with Crippen molar-refractivity contribution in [3.8, 4) is 0 Å². The number of carbonyl (C=O) groups is 3. The highest BCUT2D eigenvalue weighted by Crippen LogP contribution is 2.54. The van der Waals surface area contributed by atoms with Gasteiger partial charge in [-0.3, -0.25) is 23.7 Å². The van der Waals surface area contributed by atoms with Crippen molar-refractivity contribution < 1.29 is 32.0 Å². The van der Waals surface area contributed by atoms with Crippen LogP contribution < -0.4 is 15.1 Å². The standard InChI is InChI=1S/C28H20F3N3O5S2/c1-14-7-9-16(10-8-14)32-19(35)13-33-26-23(41-27(33)38)20(18-6-3-11-39-18)21-22(40-26)25(37)34(24(21)36)17-5-2-4-15(12-17)28(29,30)31/h2-12,20-22H,13H2,1H3,(H,32,35). The summed E-state index contributed by atoms with van der Waals surface area (Å²) in [4.78, 5) is 54.2. The minimum absolute atomic E-state index is 0.193. The fourth-order valence-electron chi connectivity index (χ4n) is 5.09. The summed E-state index contributed by atoms with van der Waals surface area (Å²) in [6.45, 7) is 1.57. The molecule has 0 aliphatic carbocycles. The Kier molecular flexibility index (Phi) is 6.65. The van der Waals surface area contributed by atoms with Crippen LogP contribution in [0.3, 0.4) is 0 Å². The summed E-state index contributed by atoms with van der Waals surface area (Å²) in [7, 11) is 0. The molecular formula is C28H20F3N3O5S2. The monoisotopic (exact) mass is 599 g/mol. The molecule has 0 spiro atoms. The van der Waals surface area contributed by atoms with Crippen molar-refractivity contribution in [1.29, 1.82) is 0 Å². The molecule has 0 saturated carbocycles. The number of halogens is 3. The number of imide groups is 1. The maximum Gasteiger partial charge on any atom is 0.416 e. The molecule has 8 nitrogen and oxygen atoms in total. The summed E-state index contributed by atoms with van der Waals surface area (Å²) in [5.74, 6) is -3.42. The minimum atomic E-state index is -4.67. The summed E-state index contributed by atoms with van der Waals surface area (Å²) < 4.78 is 47.1.